The van der Waals surface area contributed by atoms with Crippen LogP contribution in [0.1, 0.15) is 25.7 Å². The normalized spacial score (nSPS) is 21.1. The van der Waals surface area contributed by atoms with Crippen LogP contribution in [0.4, 0.5) is 5.82 Å². The molecule has 1 saturated heterocycles. The first-order valence-corrected chi connectivity index (χ1v) is 9.00. The minimum absolute atomic E-state index is 0.0852. The molecule has 4 rings (SSSR count). The van der Waals surface area contributed by atoms with Crippen LogP contribution in [-0.2, 0) is 4.79 Å². The number of amides is 1. The fourth-order valence-electron chi connectivity index (χ4n) is 3.62. The molecular weight excluding hydrogens is 312 g/mol. The quantitative estimate of drug-likeness (QED) is 0.905. The van der Waals surface area contributed by atoms with Gasteiger partial charge in [0.2, 0.25) is 0 Å². The average molecular weight is 332 g/mol. The molecule has 2 aromatic heterocycles. The summed E-state index contributed by atoms with van der Waals surface area (Å²) in [7, 11) is 0. The van der Waals surface area contributed by atoms with Crippen molar-refractivity contribution in [1.29, 1.82) is 0 Å². The van der Waals surface area contributed by atoms with Crippen molar-refractivity contribution in [2.75, 3.05) is 31.1 Å². The third kappa shape index (κ3) is 2.57. The lowest BCUT2D eigenvalue weighted by atomic mass is 10.00. The van der Waals surface area contributed by atoms with Crippen LogP contribution in [-0.4, -0.2) is 57.7 Å². The topological polar surface area (TPSA) is 69.6 Å². The maximum atomic E-state index is 12.6. The number of thiophene rings is 1. The summed E-state index contributed by atoms with van der Waals surface area (Å²) >= 11 is 1.61. The van der Waals surface area contributed by atoms with Crippen LogP contribution in [0.3, 0.4) is 0 Å². The van der Waals surface area contributed by atoms with Gasteiger partial charge >= 0.3 is 0 Å². The van der Waals surface area contributed by atoms with Crippen LogP contribution in [0.25, 0.3) is 10.2 Å². The number of carbonyl (C=O) groups is 1. The van der Waals surface area contributed by atoms with Gasteiger partial charge in [-0.25, -0.2) is 9.97 Å². The number of carbonyl (C=O) groups excluding carboxylic acids is 1. The Morgan fingerprint density at radius 2 is 1.91 bits per heavy atom. The van der Waals surface area contributed by atoms with Crippen LogP contribution in [0.15, 0.2) is 17.8 Å². The zero-order chi connectivity index (χ0) is 15.9. The van der Waals surface area contributed by atoms with E-state index in [4.69, 9.17) is 0 Å². The predicted molar refractivity (Wildman–Crippen MR) is 89.6 cm³/mol. The molecule has 122 valence electrons. The number of aromatic nitrogens is 2. The summed E-state index contributed by atoms with van der Waals surface area (Å²) in [5.74, 6) is 0.862. The fourth-order valence-corrected chi connectivity index (χ4v) is 4.35. The van der Waals surface area contributed by atoms with Crippen molar-refractivity contribution < 1.29 is 9.90 Å². The SMILES string of the molecule is O=C(N1CCN(c2ncnc3sccc23)CC1)C1(O)CCCC1. The van der Waals surface area contributed by atoms with Crippen molar-refractivity contribution in [3.63, 3.8) is 0 Å². The first-order valence-electron chi connectivity index (χ1n) is 8.12. The second-order valence-corrected chi connectivity index (χ2v) is 7.25. The Morgan fingerprint density at radius 1 is 1.17 bits per heavy atom. The van der Waals surface area contributed by atoms with Gasteiger partial charge in [0, 0.05) is 26.2 Å². The van der Waals surface area contributed by atoms with E-state index >= 15 is 0 Å². The van der Waals surface area contributed by atoms with Crippen molar-refractivity contribution in [3.05, 3.63) is 17.8 Å². The molecule has 0 bridgehead atoms. The van der Waals surface area contributed by atoms with E-state index < -0.39 is 5.60 Å². The van der Waals surface area contributed by atoms with E-state index in [9.17, 15) is 9.90 Å². The Labute approximate surface area is 138 Å². The first kappa shape index (κ1) is 14.8. The van der Waals surface area contributed by atoms with Crippen molar-refractivity contribution >= 4 is 33.3 Å². The van der Waals surface area contributed by atoms with Gasteiger partial charge < -0.3 is 14.9 Å². The lowest BCUT2D eigenvalue weighted by Gasteiger charge is -2.38. The van der Waals surface area contributed by atoms with E-state index in [1.54, 1.807) is 17.7 Å². The molecule has 0 aromatic carbocycles. The van der Waals surface area contributed by atoms with Gasteiger partial charge in [-0.1, -0.05) is 0 Å². The number of fused-ring (bicyclic) bond motifs is 1. The molecule has 1 saturated carbocycles. The van der Waals surface area contributed by atoms with Crippen LogP contribution in [0.5, 0.6) is 0 Å². The molecule has 1 aliphatic carbocycles. The highest BCUT2D eigenvalue weighted by Gasteiger charge is 2.42. The van der Waals surface area contributed by atoms with E-state index in [1.807, 2.05) is 16.3 Å². The first-order chi connectivity index (χ1) is 11.2. The summed E-state index contributed by atoms with van der Waals surface area (Å²) in [6, 6.07) is 2.05. The highest BCUT2D eigenvalue weighted by molar-refractivity contribution is 7.16. The van der Waals surface area contributed by atoms with E-state index in [-0.39, 0.29) is 5.91 Å². The lowest BCUT2D eigenvalue weighted by Crippen LogP contribution is -2.55. The number of aliphatic hydroxyl groups is 1. The summed E-state index contributed by atoms with van der Waals surface area (Å²) in [6.45, 7) is 2.75. The number of hydrogen-bond acceptors (Lipinski definition) is 6. The van der Waals surface area contributed by atoms with Gasteiger partial charge in [0.25, 0.3) is 5.91 Å². The van der Waals surface area contributed by atoms with Gasteiger partial charge in [0.05, 0.1) is 5.39 Å². The fraction of sp³-hybridized carbons (Fsp3) is 0.562. The zero-order valence-corrected chi connectivity index (χ0v) is 13.8. The molecule has 7 heteroatoms. The van der Waals surface area contributed by atoms with E-state index in [0.29, 0.717) is 25.9 Å². The van der Waals surface area contributed by atoms with Crippen LogP contribution >= 0.6 is 11.3 Å². The molecule has 0 unspecified atom stereocenters. The largest absolute Gasteiger partial charge is 0.380 e. The summed E-state index contributed by atoms with van der Waals surface area (Å²) in [5, 5.41) is 13.6. The molecule has 23 heavy (non-hydrogen) atoms. The highest BCUT2D eigenvalue weighted by atomic mass is 32.1. The van der Waals surface area contributed by atoms with E-state index in [1.165, 1.54) is 0 Å². The Balaban J connectivity index is 1.47. The highest BCUT2D eigenvalue weighted by Crippen LogP contribution is 2.32. The summed E-state index contributed by atoms with van der Waals surface area (Å²) in [6.07, 6.45) is 4.70. The van der Waals surface area contributed by atoms with Crippen molar-refractivity contribution in [2.24, 2.45) is 0 Å². The van der Waals surface area contributed by atoms with Gasteiger partial charge in [-0.2, -0.15) is 0 Å². The molecule has 2 aromatic rings. The Morgan fingerprint density at radius 3 is 2.65 bits per heavy atom. The van der Waals surface area contributed by atoms with Crippen LogP contribution in [0.2, 0.25) is 0 Å². The molecular formula is C16H20N4O2S. The zero-order valence-electron chi connectivity index (χ0n) is 12.9. The van der Waals surface area contributed by atoms with E-state index in [0.717, 1.165) is 42.0 Å². The number of nitrogens with zero attached hydrogens (tertiary/aromatic N) is 4. The third-order valence-electron chi connectivity index (χ3n) is 4.94. The molecule has 6 nitrogen and oxygen atoms in total. The molecule has 1 N–H and O–H groups in total. The minimum atomic E-state index is -1.11. The summed E-state index contributed by atoms with van der Waals surface area (Å²) < 4.78 is 0. The molecule has 2 aliphatic rings. The standard InChI is InChI=1S/C16H20N4O2S/c21-15(16(22)4-1-2-5-16)20-8-6-19(7-9-20)13-12-3-10-23-14(12)18-11-17-13/h3,10-11,22H,1-2,4-9H2. The monoisotopic (exact) mass is 332 g/mol. The van der Waals surface area contributed by atoms with Crippen molar-refractivity contribution in [1.82, 2.24) is 14.9 Å². The second-order valence-electron chi connectivity index (χ2n) is 6.35. The molecule has 2 fully saturated rings. The molecule has 1 aliphatic heterocycles. The van der Waals surface area contributed by atoms with Crippen molar-refractivity contribution in [3.8, 4) is 0 Å². The predicted octanol–water partition coefficient (Wildman–Crippen LogP) is 1.64. The molecule has 0 radical (unpaired) electrons. The maximum absolute atomic E-state index is 12.6. The Bertz CT molecular complexity index is 718. The van der Waals surface area contributed by atoms with Gasteiger partial charge in [-0.15, -0.1) is 11.3 Å². The molecule has 0 spiro atoms. The van der Waals surface area contributed by atoms with Gasteiger partial charge in [0.15, 0.2) is 0 Å². The second kappa shape index (κ2) is 5.72. The van der Waals surface area contributed by atoms with Crippen LogP contribution in [0, 0.1) is 0 Å². The molecule has 3 heterocycles. The van der Waals surface area contributed by atoms with Gasteiger partial charge in [-0.3, -0.25) is 4.79 Å². The number of piperazine rings is 1. The minimum Gasteiger partial charge on any atom is -0.380 e. The van der Waals surface area contributed by atoms with Gasteiger partial charge in [0.1, 0.15) is 22.6 Å². The molecule has 1 amide bonds. The lowest BCUT2D eigenvalue weighted by molar-refractivity contribution is -0.151. The Kier molecular flexibility index (Phi) is 3.69. The number of rotatable bonds is 2. The summed E-state index contributed by atoms with van der Waals surface area (Å²) in [4.78, 5) is 26.3. The van der Waals surface area contributed by atoms with E-state index in [2.05, 4.69) is 14.9 Å². The smallest absolute Gasteiger partial charge is 0.254 e. The van der Waals surface area contributed by atoms with Crippen LogP contribution < -0.4 is 4.90 Å². The van der Waals surface area contributed by atoms with Gasteiger partial charge in [-0.05, 0) is 37.1 Å². The number of anilines is 1. The number of hydrogen-bond donors (Lipinski definition) is 1. The Hall–Kier alpha value is -1.73. The summed E-state index contributed by atoms with van der Waals surface area (Å²) in [5.41, 5.74) is -1.11. The maximum Gasteiger partial charge on any atom is 0.254 e. The third-order valence-corrected chi connectivity index (χ3v) is 5.76. The average Bonchev–Trinajstić information content (AvgIpc) is 3.23. The van der Waals surface area contributed by atoms with Crippen molar-refractivity contribution in [2.45, 2.75) is 31.3 Å². The molecule has 0 atom stereocenters.